The second-order valence-corrected chi connectivity index (χ2v) is 11.1. The molecule has 0 spiro atoms. The second-order valence-electron chi connectivity index (χ2n) is 8.78. The average Bonchev–Trinajstić information content (AvgIpc) is 2.87. The molecule has 3 N–H and O–H groups in total. The van der Waals surface area contributed by atoms with E-state index in [0.717, 1.165) is 5.56 Å². The third-order valence-electron chi connectivity index (χ3n) is 5.97. The molecule has 0 radical (unpaired) electrons. The lowest BCUT2D eigenvalue weighted by Crippen LogP contribution is -2.54. The Balaban J connectivity index is 1.62. The Labute approximate surface area is 210 Å². The number of hydrogen-bond acceptors (Lipinski definition) is 7. The van der Waals surface area contributed by atoms with Crippen molar-refractivity contribution in [2.24, 2.45) is 5.92 Å². The molecule has 3 amide bonds. The minimum absolute atomic E-state index is 0.0565. The molecule has 36 heavy (non-hydrogen) atoms. The zero-order chi connectivity index (χ0) is 26.1. The summed E-state index contributed by atoms with van der Waals surface area (Å²) in [6.07, 6.45) is 2.06. The van der Waals surface area contributed by atoms with Gasteiger partial charge in [-0.05, 0) is 37.5 Å². The molecule has 2 heterocycles. The number of pyridine rings is 1. The molecule has 2 atom stereocenters. The van der Waals surface area contributed by atoms with Crippen molar-refractivity contribution in [3.63, 3.8) is 0 Å². The van der Waals surface area contributed by atoms with Gasteiger partial charge in [-0.15, -0.1) is 0 Å². The molecule has 0 bridgehead atoms. The smallest absolute Gasteiger partial charge is 0.289 e. The molecule has 1 aliphatic rings. The van der Waals surface area contributed by atoms with Gasteiger partial charge in [0.2, 0.25) is 17.6 Å². The van der Waals surface area contributed by atoms with Gasteiger partial charge >= 0.3 is 0 Å². The summed E-state index contributed by atoms with van der Waals surface area (Å²) in [5.74, 6) is -3.34. The van der Waals surface area contributed by atoms with Crippen molar-refractivity contribution in [1.82, 2.24) is 20.9 Å². The second kappa shape index (κ2) is 12.4. The number of carbonyl (C=O) groups excluding carboxylic acids is 4. The normalized spacial score (nSPS) is 16.8. The van der Waals surface area contributed by atoms with Gasteiger partial charge in [0.1, 0.15) is 21.9 Å². The molecule has 1 aromatic heterocycles. The van der Waals surface area contributed by atoms with Crippen LogP contribution < -0.4 is 16.0 Å². The van der Waals surface area contributed by atoms with Crippen molar-refractivity contribution in [2.45, 2.75) is 44.8 Å². The molecule has 1 saturated heterocycles. The van der Waals surface area contributed by atoms with E-state index in [2.05, 4.69) is 20.9 Å². The molecule has 1 aromatic carbocycles. The summed E-state index contributed by atoms with van der Waals surface area (Å²) in [5, 5.41) is 7.71. The SMILES string of the molecule is C[C@@H](NC(=O)C1CCS(=O)(=O)CC1)C(=O)N[C@H](Cc1ccccc1)C(=O)C(=O)NCc1ccccn1. The van der Waals surface area contributed by atoms with E-state index in [-0.39, 0.29) is 37.3 Å². The van der Waals surface area contributed by atoms with Crippen LogP contribution in [0.1, 0.15) is 31.0 Å². The van der Waals surface area contributed by atoms with Crippen molar-refractivity contribution in [2.75, 3.05) is 11.5 Å². The Kier molecular flexibility index (Phi) is 9.29. The molecule has 3 rings (SSSR count). The molecule has 2 aromatic rings. The topological polar surface area (TPSA) is 151 Å². The number of ketones is 1. The summed E-state index contributed by atoms with van der Waals surface area (Å²) >= 11 is 0. The molecule has 0 unspecified atom stereocenters. The van der Waals surface area contributed by atoms with Gasteiger partial charge in [-0.25, -0.2) is 8.42 Å². The largest absolute Gasteiger partial charge is 0.344 e. The fourth-order valence-electron chi connectivity index (χ4n) is 3.82. The van der Waals surface area contributed by atoms with Crippen LogP contribution in [0.3, 0.4) is 0 Å². The lowest BCUT2D eigenvalue weighted by atomic mass is 10.0. The first-order valence-corrected chi connectivity index (χ1v) is 13.5. The number of aromatic nitrogens is 1. The number of nitrogens with zero attached hydrogens (tertiary/aromatic N) is 1. The molecule has 1 aliphatic heterocycles. The molecular formula is C25H30N4O6S. The van der Waals surface area contributed by atoms with Crippen LogP contribution in [0.4, 0.5) is 0 Å². The van der Waals surface area contributed by atoms with Crippen LogP contribution in [-0.2, 0) is 42.0 Å². The highest BCUT2D eigenvalue weighted by atomic mass is 32.2. The fraction of sp³-hybridized carbons (Fsp3) is 0.400. The van der Waals surface area contributed by atoms with Crippen LogP contribution in [0, 0.1) is 5.92 Å². The van der Waals surface area contributed by atoms with E-state index in [1.165, 1.54) is 6.92 Å². The summed E-state index contributed by atoms with van der Waals surface area (Å²) < 4.78 is 23.2. The average molecular weight is 515 g/mol. The van der Waals surface area contributed by atoms with Crippen LogP contribution in [0.25, 0.3) is 0 Å². The van der Waals surface area contributed by atoms with Gasteiger partial charge in [-0.2, -0.15) is 0 Å². The van der Waals surface area contributed by atoms with Gasteiger partial charge in [0.05, 0.1) is 23.7 Å². The predicted molar refractivity (Wildman–Crippen MR) is 132 cm³/mol. The van der Waals surface area contributed by atoms with E-state index in [1.807, 2.05) is 6.07 Å². The first-order chi connectivity index (χ1) is 17.1. The van der Waals surface area contributed by atoms with E-state index < -0.39 is 51.3 Å². The molecule has 10 nitrogen and oxygen atoms in total. The number of sulfone groups is 1. The van der Waals surface area contributed by atoms with Crippen LogP contribution in [0.15, 0.2) is 54.7 Å². The highest BCUT2D eigenvalue weighted by Crippen LogP contribution is 2.19. The van der Waals surface area contributed by atoms with E-state index in [9.17, 15) is 27.6 Å². The summed E-state index contributed by atoms with van der Waals surface area (Å²) in [5.41, 5.74) is 1.32. The third kappa shape index (κ3) is 7.98. The molecular weight excluding hydrogens is 484 g/mol. The van der Waals surface area contributed by atoms with Crippen molar-refractivity contribution >= 4 is 33.3 Å². The van der Waals surface area contributed by atoms with Crippen molar-refractivity contribution in [3.05, 3.63) is 66.0 Å². The Bertz CT molecular complexity index is 1170. The van der Waals surface area contributed by atoms with Crippen LogP contribution >= 0.6 is 0 Å². The molecule has 0 aliphatic carbocycles. The van der Waals surface area contributed by atoms with Crippen molar-refractivity contribution in [3.8, 4) is 0 Å². The number of hydrogen-bond donors (Lipinski definition) is 3. The molecule has 11 heteroatoms. The summed E-state index contributed by atoms with van der Waals surface area (Å²) in [7, 11) is -3.12. The van der Waals surface area contributed by atoms with Crippen LogP contribution in [-0.4, -0.2) is 60.5 Å². The quantitative estimate of drug-likeness (QED) is 0.386. The standard InChI is InChI=1S/C25H30N4O6S/c1-17(28-24(32)19-10-13-36(34,35)14-11-19)23(31)29-21(15-18-7-3-2-4-8-18)22(30)25(33)27-16-20-9-5-6-12-26-20/h2-9,12,17,19,21H,10-11,13-16H2,1H3,(H,27,33)(H,28,32)(H,29,31)/t17-,21-/m1/s1. The highest BCUT2D eigenvalue weighted by molar-refractivity contribution is 7.91. The number of amides is 3. The lowest BCUT2D eigenvalue weighted by molar-refractivity contribution is -0.140. The van der Waals surface area contributed by atoms with Crippen molar-refractivity contribution in [1.29, 1.82) is 0 Å². The third-order valence-corrected chi connectivity index (χ3v) is 7.69. The van der Waals surface area contributed by atoms with Crippen LogP contribution in [0.2, 0.25) is 0 Å². The number of rotatable bonds is 10. The lowest BCUT2D eigenvalue weighted by Gasteiger charge is -2.24. The minimum Gasteiger partial charge on any atom is -0.344 e. The first kappa shape index (κ1) is 27.0. The number of nitrogens with one attached hydrogen (secondary N) is 3. The Morgan fingerprint density at radius 1 is 0.972 bits per heavy atom. The minimum atomic E-state index is -3.12. The molecule has 192 valence electrons. The monoisotopic (exact) mass is 514 g/mol. The van der Waals surface area contributed by atoms with E-state index in [0.29, 0.717) is 5.69 Å². The van der Waals surface area contributed by atoms with Gasteiger partial charge < -0.3 is 16.0 Å². The van der Waals surface area contributed by atoms with Gasteiger partial charge in [0, 0.05) is 18.5 Å². The maximum absolute atomic E-state index is 13.0. The van der Waals surface area contributed by atoms with Gasteiger partial charge in [-0.1, -0.05) is 36.4 Å². The van der Waals surface area contributed by atoms with E-state index in [4.69, 9.17) is 0 Å². The predicted octanol–water partition coefficient (Wildman–Crippen LogP) is 0.324. The number of Topliss-reactive ketones (excluding diaryl/α,β-unsaturated/α-hetero) is 1. The zero-order valence-electron chi connectivity index (χ0n) is 20.0. The first-order valence-electron chi connectivity index (χ1n) is 11.7. The summed E-state index contributed by atoms with van der Waals surface area (Å²) in [4.78, 5) is 55.0. The van der Waals surface area contributed by atoms with Gasteiger partial charge in [-0.3, -0.25) is 24.2 Å². The maximum Gasteiger partial charge on any atom is 0.289 e. The van der Waals surface area contributed by atoms with E-state index >= 15 is 0 Å². The summed E-state index contributed by atoms with van der Waals surface area (Å²) in [6, 6.07) is 12.0. The fourth-order valence-corrected chi connectivity index (χ4v) is 5.32. The maximum atomic E-state index is 13.0. The van der Waals surface area contributed by atoms with Gasteiger partial charge in [0.25, 0.3) is 5.91 Å². The Morgan fingerprint density at radius 2 is 1.64 bits per heavy atom. The Morgan fingerprint density at radius 3 is 2.28 bits per heavy atom. The Hall–Kier alpha value is -3.60. The highest BCUT2D eigenvalue weighted by Gasteiger charge is 2.32. The molecule has 1 fully saturated rings. The number of benzene rings is 1. The molecule has 0 saturated carbocycles. The van der Waals surface area contributed by atoms with Gasteiger partial charge in [0.15, 0.2) is 0 Å². The van der Waals surface area contributed by atoms with Crippen molar-refractivity contribution < 1.29 is 27.6 Å². The van der Waals surface area contributed by atoms with Crippen LogP contribution in [0.5, 0.6) is 0 Å². The zero-order valence-corrected chi connectivity index (χ0v) is 20.8. The van der Waals surface area contributed by atoms with E-state index in [1.54, 1.807) is 48.7 Å². The number of carbonyl (C=O) groups is 4. The summed E-state index contributed by atoms with van der Waals surface area (Å²) in [6.45, 7) is 1.53.